The van der Waals surface area contributed by atoms with Crippen molar-refractivity contribution in [1.29, 1.82) is 0 Å². The number of halogens is 1. The summed E-state index contributed by atoms with van der Waals surface area (Å²) in [5.41, 5.74) is 7.89. The van der Waals surface area contributed by atoms with Crippen molar-refractivity contribution in [3.63, 3.8) is 0 Å². The minimum absolute atomic E-state index is 0.146. The van der Waals surface area contributed by atoms with E-state index >= 15 is 0 Å². The van der Waals surface area contributed by atoms with Crippen LogP contribution in [0.3, 0.4) is 0 Å². The van der Waals surface area contributed by atoms with Gasteiger partial charge in [0.2, 0.25) is 5.95 Å². The molecule has 0 amide bonds. The van der Waals surface area contributed by atoms with Gasteiger partial charge in [-0.3, -0.25) is 0 Å². The third-order valence-corrected chi connectivity index (χ3v) is 6.53. The molecule has 3 aromatic rings. The first kappa shape index (κ1) is 19.8. The van der Waals surface area contributed by atoms with Gasteiger partial charge in [-0.1, -0.05) is 43.5 Å². The molecule has 0 bridgehead atoms. The third kappa shape index (κ3) is 4.58. The van der Waals surface area contributed by atoms with Crippen molar-refractivity contribution in [2.45, 2.75) is 43.0 Å². The predicted octanol–water partition coefficient (Wildman–Crippen LogP) is 4.48. The SMILES string of the molecule is Nc1ncc(-c2ccc(-c3ccccc3[S+]([O-])NC3CCCCC3)cc2F)cn1. The summed E-state index contributed by atoms with van der Waals surface area (Å²) in [6.07, 6.45) is 8.65. The molecule has 1 aliphatic carbocycles. The molecule has 1 saturated carbocycles. The van der Waals surface area contributed by atoms with Crippen LogP contribution in [0.15, 0.2) is 59.8 Å². The van der Waals surface area contributed by atoms with Gasteiger partial charge < -0.3 is 10.3 Å². The van der Waals surface area contributed by atoms with Gasteiger partial charge in [-0.2, -0.15) is 0 Å². The fourth-order valence-electron chi connectivity index (χ4n) is 3.70. The van der Waals surface area contributed by atoms with E-state index in [9.17, 15) is 8.94 Å². The van der Waals surface area contributed by atoms with Crippen LogP contribution in [-0.4, -0.2) is 20.6 Å². The third-order valence-electron chi connectivity index (χ3n) is 5.23. The van der Waals surface area contributed by atoms with Gasteiger partial charge in [-0.15, -0.1) is 4.72 Å². The second-order valence-corrected chi connectivity index (χ2v) is 8.46. The van der Waals surface area contributed by atoms with Crippen molar-refractivity contribution in [2.24, 2.45) is 0 Å². The average Bonchev–Trinajstić information content (AvgIpc) is 2.75. The van der Waals surface area contributed by atoms with Crippen LogP contribution in [-0.2, 0) is 11.4 Å². The lowest BCUT2D eigenvalue weighted by molar-refractivity contribution is 0.412. The summed E-state index contributed by atoms with van der Waals surface area (Å²) < 4.78 is 31.1. The molecule has 7 heteroatoms. The Morgan fingerprint density at radius 3 is 2.41 bits per heavy atom. The zero-order valence-electron chi connectivity index (χ0n) is 16.0. The topological polar surface area (TPSA) is 86.9 Å². The Labute approximate surface area is 172 Å². The van der Waals surface area contributed by atoms with Crippen LogP contribution in [0.2, 0.25) is 0 Å². The van der Waals surface area contributed by atoms with Crippen LogP contribution in [0.5, 0.6) is 0 Å². The fraction of sp³-hybridized carbons (Fsp3) is 0.273. The van der Waals surface area contributed by atoms with Crippen LogP contribution in [0.1, 0.15) is 32.1 Å². The van der Waals surface area contributed by atoms with E-state index in [1.807, 2.05) is 30.3 Å². The van der Waals surface area contributed by atoms with E-state index in [1.165, 1.54) is 24.9 Å². The Morgan fingerprint density at radius 1 is 0.966 bits per heavy atom. The number of nitrogens with one attached hydrogen (secondary N) is 1. The smallest absolute Gasteiger partial charge is 0.219 e. The number of rotatable bonds is 5. The van der Waals surface area contributed by atoms with Crippen LogP contribution in [0.25, 0.3) is 22.3 Å². The van der Waals surface area contributed by atoms with E-state index in [2.05, 4.69) is 14.7 Å². The number of aromatic nitrogens is 2. The number of nitrogens with zero attached hydrogens (tertiary/aromatic N) is 2. The van der Waals surface area contributed by atoms with Crippen LogP contribution >= 0.6 is 0 Å². The van der Waals surface area contributed by atoms with E-state index < -0.39 is 17.2 Å². The number of hydrogen-bond donors (Lipinski definition) is 2. The zero-order valence-corrected chi connectivity index (χ0v) is 16.8. The molecule has 29 heavy (non-hydrogen) atoms. The molecule has 0 radical (unpaired) electrons. The Morgan fingerprint density at radius 2 is 1.69 bits per heavy atom. The highest BCUT2D eigenvalue weighted by atomic mass is 32.2. The molecule has 1 heterocycles. The maximum Gasteiger partial charge on any atom is 0.219 e. The van der Waals surface area contributed by atoms with Crippen molar-refractivity contribution in [1.82, 2.24) is 14.7 Å². The summed E-state index contributed by atoms with van der Waals surface area (Å²) in [4.78, 5) is 8.51. The van der Waals surface area contributed by atoms with Gasteiger partial charge in [0.05, 0.1) is 17.4 Å². The zero-order chi connectivity index (χ0) is 20.2. The Hall–Kier alpha value is -2.48. The highest BCUT2D eigenvalue weighted by molar-refractivity contribution is 7.89. The molecule has 0 spiro atoms. The molecular formula is C22H23FN4OS. The second kappa shape index (κ2) is 8.90. The molecular weight excluding hydrogens is 387 g/mol. The van der Waals surface area contributed by atoms with E-state index in [-0.39, 0.29) is 12.0 Å². The Kier molecular flexibility index (Phi) is 6.08. The largest absolute Gasteiger partial charge is 0.593 e. The maximum absolute atomic E-state index is 14.8. The molecule has 150 valence electrons. The van der Waals surface area contributed by atoms with Crippen molar-refractivity contribution in [2.75, 3.05) is 5.73 Å². The van der Waals surface area contributed by atoms with E-state index in [0.717, 1.165) is 31.2 Å². The number of hydrogen-bond acceptors (Lipinski definition) is 5. The molecule has 1 unspecified atom stereocenters. The second-order valence-electron chi connectivity index (χ2n) is 7.24. The van der Waals surface area contributed by atoms with E-state index in [4.69, 9.17) is 5.73 Å². The fourth-order valence-corrected chi connectivity index (χ4v) is 4.95. The van der Waals surface area contributed by atoms with Crippen molar-refractivity contribution >= 4 is 17.3 Å². The Balaban J connectivity index is 1.61. The maximum atomic E-state index is 14.8. The number of nitrogen functional groups attached to an aromatic ring is 1. The van der Waals surface area contributed by atoms with Crippen molar-refractivity contribution in [3.8, 4) is 22.3 Å². The molecule has 2 aromatic carbocycles. The first-order chi connectivity index (χ1) is 14.1. The van der Waals surface area contributed by atoms with Crippen LogP contribution in [0, 0.1) is 5.82 Å². The quantitative estimate of drug-likeness (QED) is 0.606. The highest BCUT2D eigenvalue weighted by Crippen LogP contribution is 2.32. The molecule has 1 atom stereocenters. The normalized spacial score (nSPS) is 15.9. The highest BCUT2D eigenvalue weighted by Gasteiger charge is 2.23. The van der Waals surface area contributed by atoms with Crippen molar-refractivity contribution < 1.29 is 8.94 Å². The molecule has 1 fully saturated rings. The van der Waals surface area contributed by atoms with E-state index in [0.29, 0.717) is 21.6 Å². The van der Waals surface area contributed by atoms with Gasteiger partial charge in [0.15, 0.2) is 4.90 Å². The minimum Gasteiger partial charge on any atom is -0.593 e. The summed E-state index contributed by atoms with van der Waals surface area (Å²) in [6, 6.07) is 12.7. The van der Waals surface area contributed by atoms with Gasteiger partial charge in [-0.25, -0.2) is 14.4 Å². The lowest BCUT2D eigenvalue weighted by Crippen LogP contribution is -2.36. The summed E-state index contributed by atoms with van der Waals surface area (Å²) in [6.45, 7) is 0. The van der Waals surface area contributed by atoms with E-state index in [1.54, 1.807) is 6.07 Å². The summed E-state index contributed by atoms with van der Waals surface area (Å²) in [7, 11) is 0. The van der Waals surface area contributed by atoms with Gasteiger partial charge in [0.25, 0.3) is 0 Å². The monoisotopic (exact) mass is 410 g/mol. The first-order valence-electron chi connectivity index (χ1n) is 9.76. The number of anilines is 1. The van der Waals surface area contributed by atoms with Gasteiger partial charge >= 0.3 is 0 Å². The van der Waals surface area contributed by atoms with Crippen molar-refractivity contribution in [3.05, 3.63) is 60.7 Å². The summed E-state index contributed by atoms with van der Waals surface area (Å²) >= 11 is -1.35. The van der Waals surface area contributed by atoms with Gasteiger partial charge in [0, 0.05) is 29.1 Å². The summed E-state index contributed by atoms with van der Waals surface area (Å²) in [5.74, 6) is -0.246. The molecule has 1 aliphatic rings. The molecule has 5 nitrogen and oxygen atoms in total. The summed E-state index contributed by atoms with van der Waals surface area (Å²) in [5, 5.41) is 0. The lowest BCUT2D eigenvalue weighted by atomic mass is 9.96. The van der Waals surface area contributed by atoms with Crippen LogP contribution in [0.4, 0.5) is 10.3 Å². The average molecular weight is 411 g/mol. The predicted molar refractivity (Wildman–Crippen MR) is 114 cm³/mol. The first-order valence-corrected chi connectivity index (χ1v) is 10.9. The van der Waals surface area contributed by atoms with Gasteiger partial charge in [0.1, 0.15) is 5.82 Å². The van der Waals surface area contributed by atoms with Crippen LogP contribution < -0.4 is 10.5 Å². The van der Waals surface area contributed by atoms with Gasteiger partial charge in [-0.05, 0) is 36.6 Å². The molecule has 0 aliphatic heterocycles. The Bertz CT molecular complexity index is 977. The number of nitrogens with two attached hydrogens (primary N) is 1. The molecule has 0 saturated heterocycles. The number of benzene rings is 2. The standard InChI is InChI=1S/C22H23FN4OS/c23-20-12-15(10-11-18(20)16-13-25-22(24)26-14-16)19-8-4-5-9-21(19)29(28)27-17-6-2-1-3-7-17/h4-5,8-14,17,27H,1-3,6-7H2,(H2,24,25,26). The lowest BCUT2D eigenvalue weighted by Gasteiger charge is -2.24. The minimum atomic E-state index is -1.35. The molecule has 4 rings (SSSR count). The molecule has 1 aromatic heterocycles. The molecule has 3 N–H and O–H groups in total.